The fourth-order valence-electron chi connectivity index (χ4n) is 3.41. The fraction of sp³-hybridized carbons (Fsp3) is 1.00. The van der Waals surface area contributed by atoms with Crippen LogP contribution in [0.4, 0.5) is 0 Å². The van der Waals surface area contributed by atoms with Gasteiger partial charge in [0.25, 0.3) is 0 Å². The lowest BCUT2D eigenvalue weighted by Gasteiger charge is -2.25. The highest BCUT2D eigenvalue weighted by Crippen LogP contribution is 2.26. The maximum absolute atomic E-state index is 5.49. The van der Waals surface area contributed by atoms with Crippen LogP contribution in [0.1, 0.15) is 58.8 Å². The Balaban J connectivity index is 1.74. The summed E-state index contributed by atoms with van der Waals surface area (Å²) in [5, 5.41) is 3.87. The van der Waals surface area contributed by atoms with Gasteiger partial charge in [-0.15, -0.1) is 0 Å². The Morgan fingerprint density at radius 1 is 1.18 bits per heavy atom. The standard InChI is InChI=1S/C15H29NO/c1-3-13-5-4-6-15(8-7-13)16-12(2)14-9-10-17-11-14/h12-16H,3-11H2,1-2H3. The van der Waals surface area contributed by atoms with E-state index in [4.69, 9.17) is 4.74 Å². The molecule has 1 N–H and O–H groups in total. The van der Waals surface area contributed by atoms with Gasteiger partial charge in [-0.2, -0.15) is 0 Å². The zero-order valence-electron chi connectivity index (χ0n) is 11.6. The Bertz CT molecular complexity index is 213. The van der Waals surface area contributed by atoms with Crippen molar-refractivity contribution < 1.29 is 4.74 Å². The number of hydrogen-bond donors (Lipinski definition) is 1. The minimum absolute atomic E-state index is 0.640. The lowest BCUT2D eigenvalue weighted by Crippen LogP contribution is -2.41. The average molecular weight is 239 g/mol. The summed E-state index contributed by atoms with van der Waals surface area (Å²) in [4.78, 5) is 0. The summed E-state index contributed by atoms with van der Waals surface area (Å²) in [5.41, 5.74) is 0. The third-order valence-corrected chi connectivity index (χ3v) is 4.84. The minimum atomic E-state index is 0.640. The van der Waals surface area contributed by atoms with Gasteiger partial charge in [0.2, 0.25) is 0 Å². The van der Waals surface area contributed by atoms with E-state index in [1.165, 1.54) is 44.9 Å². The van der Waals surface area contributed by atoms with E-state index in [1.807, 2.05) is 0 Å². The molecule has 1 aliphatic heterocycles. The third kappa shape index (κ3) is 3.96. The minimum Gasteiger partial charge on any atom is -0.381 e. The van der Waals surface area contributed by atoms with Crippen LogP contribution in [0.15, 0.2) is 0 Å². The summed E-state index contributed by atoms with van der Waals surface area (Å²) in [6.07, 6.45) is 9.70. The quantitative estimate of drug-likeness (QED) is 0.760. The largest absolute Gasteiger partial charge is 0.381 e. The Morgan fingerprint density at radius 3 is 2.76 bits per heavy atom. The number of hydrogen-bond acceptors (Lipinski definition) is 2. The molecule has 4 atom stereocenters. The second kappa shape index (κ2) is 6.75. The summed E-state index contributed by atoms with van der Waals surface area (Å²) >= 11 is 0. The first kappa shape index (κ1) is 13.4. The Labute approximate surface area is 107 Å². The van der Waals surface area contributed by atoms with Crippen molar-refractivity contribution in [2.75, 3.05) is 13.2 Å². The van der Waals surface area contributed by atoms with E-state index in [0.717, 1.165) is 31.1 Å². The third-order valence-electron chi connectivity index (χ3n) is 4.84. The molecule has 100 valence electrons. The van der Waals surface area contributed by atoms with Crippen molar-refractivity contribution in [2.45, 2.75) is 70.9 Å². The van der Waals surface area contributed by atoms with Gasteiger partial charge in [-0.25, -0.2) is 0 Å². The molecule has 1 saturated heterocycles. The molecule has 17 heavy (non-hydrogen) atoms. The van der Waals surface area contributed by atoms with Gasteiger partial charge in [0.05, 0.1) is 6.61 Å². The molecule has 2 fully saturated rings. The first-order valence-corrected chi connectivity index (χ1v) is 7.63. The maximum Gasteiger partial charge on any atom is 0.0509 e. The summed E-state index contributed by atoms with van der Waals surface area (Å²) in [6.45, 7) is 6.64. The van der Waals surface area contributed by atoms with Crippen LogP contribution >= 0.6 is 0 Å². The molecule has 2 nitrogen and oxygen atoms in total. The van der Waals surface area contributed by atoms with Crippen LogP contribution in [0.25, 0.3) is 0 Å². The molecule has 0 radical (unpaired) electrons. The zero-order valence-corrected chi connectivity index (χ0v) is 11.6. The van der Waals surface area contributed by atoms with Crippen LogP contribution in [0, 0.1) is 11.8 Å². The maximum atomic E-state index is 5.49. The first-order valence-electron chi connectivity index (χ1n) is 7.63. The smallest absolute Gasteiger partial charge is 0.0509 e. The molecule has 1 saturated carbocycles. The molecule has 0 bridgehead atoms. The second-order valence-electron chi connectivity index (χ2n) is 6.06. The molecule has 2 aliphatic rings. The summed E-state index contributed by atoms with van der Waals surface area (Å²) in [7, 11) is 0. The van der Waals surface area contributed by atoms with Gasteiger partial charge in [0.1, 0.15) is 0 Å². The number of nitrogens with one attached hydrogen (secondary N) is 1. The molecule has 0 aromatic carbocycles. The van der Waals surface area contributed by atoms with Crippen LogP contribution in [0.2, 0.25) is 0 Å². The topological polar surface area (TPSA) is 21.3 Å². The number of rotatable bonds is 4. The summed E-state index contributed by atoms with van der Waals surface area (Å²) in [6, 6.07) is 1.41. The molecular formula is C15H29NO. The zero-order chi connectivity index (χ0) is 12.1. The molecular weight excluding hydrogens is 210 g/mol. The van der Waals surface area contributed by atoms with Crippen molar-refractivity contribution >= 4 is 0 Å². The SMILES string of the molecule is CCC1CCCC(NC(C)C2CCOC2)CC1. The van der Waals surface area contributed by atoms with Crippen LogP contribution in [-0.4, -0.2) is 25.3 Å². The van der Waals surface area contributed by atoms with Crippen molar-refractivity contribution in [2.24, 2.45) is 11.8 Å². The van der Waals surface area contributed by atoms with Crippen molar-refractivity contribution in [1.29, 1.82) is 0 Å². The molecule has 0 aromatic rings. The molecule has 0 spiro atoms. The van der Waals surface area contributed by atoms with Crippen LogP contribution in [-0.2, 0) is 4.74 Å². The van der Waals surface area contributed by atoms with E-state index in [2.05, 4.69) is 19.2 Å². The van der Waals surface area contributed by atoms with Gasteiger partial charge in [0.15, 0.2) is 0 Å². The normalized spacial score (nSPS) is 36.7. The van der Waals surface area contributed by atoms with Gasteiger partial charge < -0.3 is 10.1 Å². The van der Waals surface area contributed by atoms with Crippen molar-refractivity contribution in [3.63, 3.8) is 0 Å². The van der Waals surface area contributed by atoms with Crippen LogP contribution in [0.3, 0.4) is 0 Å². The van der Waals surface area contributed by atoms with E-state index < -0.39 is 0 Å². The molecule has 2 rings (SSSR count). The van der Waals surface area contributed by atoms with E-state index in [0.29, 0.717) is 6.04 Å². The number of ether oxygens (including phenoxy) is 1. The van der Waals surface area contributed by atoms with Crippen LogP contribution in [0.5, 0.6) is 0 Å². The monoisotopic (exact) mass is 239 g/mol. The highest BCUT2D eigenvalue weighted by molar-refractivity contribution is 4.81. The molecule has 0 aromatic heterocycles. The average Bonchev–Trinajstić information content (AvgIpc) is 2.78. The highest BCUT2D eigenvalue weighted by Gasteiger charge is 2.25. The fourth-order valence-corrected chi connectivity index (χ4v) is 3.41. The molecule has 0 amide bonds. The van der Waals surface area contributed by atoms with Gasteiger partial charge in [-0.05, 0) is 44.4 Å². The molecule has 2 heteroatoms. The van der Waals surface area contributed by atoms with Crippen molar-refractivity contribution in [1.82, 2.24) is 5.32 Å². The highest BCUT2D eigenvalue weighted by atomic mass is 16.5. The lowest BCUT2D eigenvalue weighted by atomic mass is 9.97. The summed E-state index contributed by atoms with van der Waals surface area (Å²) < 4.78 is 5.49. The predicted molar refractivity (Wildman–Crippen MR) is 72.2 cm³/mol. The van der Waals surface area contributed by atoms with Crippen molar-refractivity contribution in [3.8, 4) is 0 Å². The van der Waals surface area contributed by atoms with E-state index in [1.54, 1.807) is 0 Å². The van der Waals surface area contributed by atoms with Gasteiger partial charge in [0, 0.05) is 18.7 Å². The Kier molecular flexibility index (Phi) is 5.30. The first-order chi connectivity index (χ1) is 8.29. The van der Waals surface area contributed by atoms with Crippen LogP contribution < -0.4 is 5.32 Å². The van der Waals surface area contributed by atoms with E-state index >= 15 is 0 Å². The Morgan fingerprint density at radius 2 is 2.06 bits per heavy atom. The second-order valence-corrected chi connectivity index (χ2v) is 6.06. The lowest BCUT2D eigenvalue weighted by molar-refractivity contribution is 0.176. The van der Waals surface area contributed by atoms with Crippen molar-refractivity contribution in [3.05, 3.63) is 0 Å². The van der Waals surface area contributed by atoms with Gasteiger partial charge in [-0.3, -0.25) is 0 Å². The molecule has 4 unspecified atom stereocenters. The van der Waals surface area contributed by atoms with Gasteiger partial charge >= 0.3 is 0 Å². The molecule has 1 heterocycles. The molecule has 1 aliphatic carbocycles. The van der Waals surface area contributed by atoms with E-state index in [-0.39, 0.29) is 0 Å². The van der Waals surface area contributed by atoms with E-state index in [9.17, 15) is 0 Å². The summed E-state index contributed by atoms with van der Waals surface area (Å²) in [5.74, 6) is 1.74. The van der Waals surface area contributed by atoms with Gasteiger partial charge in [-0.1, -0.05) is 26.2 Å². The predicted octanol–water partition coefficient (Wildman–Crippen LogP) is 3.36. The Hall–Kier alpha value is -0.0800.